The van der Waals surface area contributed by atoms with Crippen LogP contribution in [0, 0.1) is 0 Å². The Kier molecular flexibility index (Phi) is 3.94. The van der Waals surface area contributed by atoms with Gasteiger partial charge < -0.3 is 13.7 Å². The molecule has 0 bridgehead atoms. The van der Waals surface area contributed by atoms with Gasteiger partial charge in [-0.3, -0.25) is 10.1 Å². The van der Waals surface area contributed by atoms with E-state index in [1.165, 1.54) is 7.11 Å². The molecular weight excluding hydrogens is 258 g/mol. The lowest BCUT2D eigenvalue weighted by molar-refractivity contribution is -0.147. The van der Waals surface area contributed by atoms with E-state index < -0.39 is 5.54 Å². The molecule has 0 saturated heterocycles. The molecule has 0 aromatic carbocycles. The summed E-state index contributed by atoms with van der Waals surface area (Å²) in [5, 5.41) is 3.24. The lowest BCUT2D eigenvalue weighted by Crippen LogP contribution is -2.49. The summed E-state index contributed by atoms with van der Waals surface area (Å²) in [6.07, 6.45) is 5.15. The Labute approximate surface area is 117 Å². The van der Waals surface area contributed by atoms with E-state index in [-0.39, 0.29) is 12.0 Å². The van der Waals surface area contributed by atoms with Crippen molar-refractivity contribution in [3.63, 3.8) is 0 Å². The second-order valence-corrected chi connectivity index (χ2v) is 5.11. The standard InChI is InChI=1S/C14H19N3O3/c1-14(2,13(18)19-4)16-11(10-6-5-9-20-10)12-15-7-8-17(12)3/h5-9,11,16H,1-4H3. The van der Waals surface area contributed by atoms with Crippen LogP contribution >= 0.6 is 0 Å². The summed E-state index contributed by atoms with van der Waals surface area (Å²) in [6, 6.07) is 3.32. The van der Waals surface area contributed by atoms with Crippen molar-refractivity contribution in [1.82, 2.24) is 14.9 Å². The molecule has 1 N–H and O–H groups in total. The van der Waals surface area contributed by atoms with E-state index in [1.54, 1.807) is 32.4 Å². The molecule has 0 amide bonds. The zero-order chi connectivity index (χ0) is 14.8. The largest absolute Gasteiger partial charge is 0.468 e. The summed E-state index contributed by atoms with van der Waals surface area (Å²) in [5.74, 6) is 1.11. The number of methoxy groups -OCH3 is 1. The number of nitrogens with one attached hydrogen (secondary N) is 1. The number of carbonyl (C=O) groups is 1. The van der Waals surface area contributed by atoms with Crippen molar-refractivity contribution in [1.29, 1.82) is 0 Å². The molecule has 1 unspecified atom stereocenters. The summed E-state index contributed by atoms with van der Waals surface area (Å²) >= 11 is 0. The van der Waals surface area contributed by atoms with Gasteiger partial charge in [0, 0.05) is 19.4 Å². The highest BCUT2D eigenvalue weighted by atomic mass is 16.5. The third-order valence-electron chi connectivity index (χ3n) is 3.15. The van der Waals surface area contributed by atoms with Crippen LogP contribution in [0.4, 0.5) is 0 Å². The molecular formula is C14H19N3O3. The summed E-state index contributed by atoms with van der Waals surface area (Å²) in [6.45, 7) is 3.52. The van der Waals surface area contributed by atoms with Gasteiger partial charge in [-0.2, -0.15) is 0 Å². The second-order valence-electron chi connectivity index (χ2n) is 5.11. The van der Waals surface area contributed by atoms with Gasteiger partial charge in [0.05, 0.1) is 13.4 Å². The van der Waals surface area contributed by atoms with Crippen LogP contribution in [-0.2, 0) is 16.6 Å². The Morgan fingerprint density at radius 2 is 2.30 bits per heavy atom. The van der Waals surface area contributed by atoms with Crippen molar-refractivity contribution in [3.8, 4) is 0 Å². The van der Waals surface area contributed by atoms with E-state index in [4.69, 9.17) is 9.15 Å². The Balaban J connectivity index is 2.34. The number of aromatic nitrogens is 2. The van der Waals surface area contributed by atoms with Crippen molar-refractivity contribution in [2.75, 3.05) is 7.11 Å². The number of carbonyl (C=O) groups excluding carboxylic acids is 1. The summed E-state index contributed by atoms with van der Waals surface area (Å²) in [5.41, 5.74) is -0.863. The maximum atomic E-state index is 11.9. The van der Waals surface area contributed by atoms with Crippen molar-refractivity contribution < 1.29 is 13.9 Å². The molecule has 1 atom stereocenters. The fourth-order valence-electron chi connectivity index (χ4n) is 2.05. The Hall–Kier alpha value is -2.08. The van der Waals surface area contributed by atoms with Gasteiger partial charge in [0.15, 0.2) is 0 Å². The molecule has 0 aliphatic carbocycles. The van der Waals surface area contributed by atoms with E-state index in [0.717, 1.165) is 5.82 Å². The van der Waals surface area contributed by atoms with Crippen LogP contribution in [-0.4, -0.2) is 28.2 Å². The number of hydrogen-bond acceptors (Lipinski definition) is 5. The first kappa shape index (κ1) is 14.3. The molecule has 0 spiro atoms. The molecule has 0 aliphatic rings. The average Bonchev–Trinajstić information content (AvgIpc) is 3.06. The summed E-state index contributed by atoms with van der Waals surface area (Å²) in [7, 11) is 3.26. The molecule has 0 aliphatic heterocycles. The van der Waals surface area contributed by atoms with E-state index in [1.807, 2.05) is 23.9 Å². The van der Waals surface area contributed by atoms with E-state index in [0.29, 0.717) is 5.76 Å². The van der Waals surface area contributed by atoms with Gasteiger partial charge in [0.2, 0.25) is 0 Å². The molecule has 0 fully saturated rings. The molecule has 0 radical (unpaired) electrons. The van der Waals surface area contributed by atoms with Crippen LogP contribution in [0.1, 0.15) is 31.5 Å². The number of ether oxygens (including phenoxy) is 1. The van der Waals surface area contributed by atoms with Gasteiger partial charge in [-0.1, -0.05) is 0 Å². The number of rotatable bonds is 5. The highest BCUT2D eigenvalue weighted by Gasteiger charge is 2.34. The SMILES string of the molecule is COC(=O)C(C)(C)NC(c1ccco1)c1nccn1C. The van der Waals surface area contributed by atoms with Gasteiger partial charge in [-0.25, -0.2) is 4.98 Å². The predicted octanol–water partition coefficient (Wildman–Crippen LogP) is 1.64. The lowest BCUT2D eigenvalue weighted by Gasteiger charge is -2.28. The fraction of sp³-hybridized carbons (Fsp3) is 0.429. The van der Waals surface area contributed by atoms with E-state index >= 15 is 0 Å². The molecule has 6 heteroatoms. The minimum Gasteiger partial charge on any atom is -0.468 e. The second kappa shape index (κ2) is 5.50. The number of aryl methyl sites for hydroxylation is 1. The average molecular weight is 277 g/mol. The van der Waals surface area contributed by atoms with Crippen molar-refractivity contribution in [3.05, 3.63) is 42.4 Å². The number of hydrogen-bond donors (Lipinski definition) is 1. The van der Waals surface area contributed by atoms with Crippen LogP contribution in [0.15, 0.2) is 35.2 Å². The monoisotopic (exact) mass is 277 g/mol. The topological polar surface area (TPSA) is 69.3 Å². The fourth-order valence-corrected chi connectivity index (χ4v) is 2.05. The van der Waals surface area contributed by atoms with E-state index in [2.05, 4.69) is 10.3 Å². The predicted molar refractivity (Wildman–Crippen MR) is 73.0 cm³/mol. The Morgan fingerprint density at radius 3 is 2.80 bits per heavy atom. The first-order valence-corrected chi connectivity index (χ1v) is 6.32. The van der Waals surface area contributed by atoms with Crippen LogP contribution in [0.2, 0.25) is 0 Å². The quantitative estimate of drug-likeness (QED) is 0.841. The molecule has 20 heavy (non-hydrogen) atoms. The van der Waals surface area contributed by atoms with Crippen molar-refractivity contribution >= 4 is 5.97 Å². The van der Waals surface area contributed by atoms with E-state index in [9.17, 15) is 4.79 Å². The smallest absolute Gasteiger partial charge is 0.325 e. The van der Waals surface area contributed by atoms with Crippen LogP contribution < -0.4 is 5.32 Å². The summed E-state index contributed by atoms with van der Waals surface area (Å²) in [4.78, 5) is 16.2. The first-order chi connectivity index (χ1) is 9.45. The van der Waals surface area contributed by atoms with Crippen LogP contribution in [0.5, 0.6) is 0 Å². The van der Waals surface area contributed by atoms with Crippen LogP contribution in [0.3, 0.4) is 0 Å². The molecule has 2 aromatic heterocycles. The number of esters is 1. The third kappa shape index (κ3) is 2.75. The van der Waals surface area contributed by atoms with Gasteiger partial charge in [0.1, 0.15) is 23.2 Å². The molecule has 2 rings (SSSR count). The third-order valence-corrected chi connectivity index (χ3v) is 3.15. The zero-order valence-corrected chi connectivity index (χ0v) is 12.1. The normalized spacial score (nSPS) is 13.2. The maximum Gasteiger partial charge on any atom is 0.325 e. The number of nitrogens with zero attached hydrogens (tertiary/aromatic N) is 2. The Bertz CT molecular complexity index is 572. The zero-order valence-electron chi connectivity index (χ0n) is 12.1. The molecule has 2 aromatic rings. The molecule has 108 valence electrons. The van der Waals surface area contributed by atoms with Gasteiger partial charge in [-0.15, -0.1) is 0 Å². The lowest BCUT2D eigenvalue weighted by atomic mass is 10.0. The summed E-state index contributed by atoms with van der Waals surface area (Å²) < 4.78 is 12.2. The van der Waals surface area contributed by atoms with Gasteiger partial charge >= 0.3 is 5.97 Å². The molecule has 6 nitrogen and oxygen atoms in total. The van der Waals surface area contributed by atoms with Crippen molar-refractivity contribution in [2.24, 2.45) is 7.05 Å². The minimum atomic E-state index is -0.863. The highest BCUT2D eigenvalue weighted by molar-refractivity contribution is 5.79. The number of imidazole rings is 1. The van der Waals surface area contributed by atoms with Crippen molar-refractivity contribution in [2.45, 2.75) is 25.4 Å². The first-order valence-electron chi connectivity index (χ1n) is 6.32. The van der Waals surface area contributed by atoms with Gasteiger partial charge in [0.25, 0.3) is 0 Å². The Morgan fingerprint density at radius 1 is 1.55 bits per heavy atom. The number of furan rings is 1. The maximum absolute atomic E-state index is 11.9. The van der Waals surface area contributed by atoms with Crippen LogP contribution in [0.25, 0.3) is 0 Å². The molecule has 0 saturated carbocycles. The molecule has 2 heterocycles. The van der Waals surface area contributed by atoms with Gasteiger partial charge in [-0.05, 0) is 26.0 Å². The minimum absolute atomic E-state index is 0.334. The highest BCUT2D eigenvalue weighted by Crippen LogP contribution is 2.24.